The molecule has 0 atom stereocenters. The number of benzene rings is 2. The Morgan fingerprint density at radius 1 is 1.14 bits per heavy atom. The minimum Gasteiger partial charge on any atom is -0.296 e. The number of sulfonamides is 1. The van der Waals surface area contributed by atoms with E-state index < -0.39 is 14.9 Å². The number of nitriles is 1. The smallest absolute Gasteiger partial charge is 0.270 e. The highest BCUT2D eigenvalue weighted by molar-refractivity contribution is 7.89. The standard InChI is InChI=1S/C19H20N4O4S/c1-15-5-6-18(23(24)25)12-19(15)28(26,27)22-9-7-21(8-10-22)14-17-4-2-3-16(11-17)13-20/h2-6,11-12H,7-10,14H2,1H3. The molecule has 0 saturated carbocycles. The summed E-state index contributed by atoms with van der Waals surface area (Å²) in [5.41, 5.74) is 1.85. The molecule has 1 fully saturated rings. The maximum Gasteiger partial charge on any atom is 0.270 e. The first-order valence-corrected chi connectivity index (χ1v) is 10.2. The Morgan fingerprint density at radius 2 is 1.86 bits per heavy atom. The molecule has 2 aromatic rings. The molecule has 0 bridgehead atoms. The lowest BCUT2D eigenvalue weighted by Crippen LogP contribution is -2.48. The Balaban J connectivity index is 1.71. The predicted octanol–water partition coefficient (Wildman–Crippen LogP) is 2.28. The van der Waals surface area contributed by atoms with E-state index in [0.29, 0.717) is 43.9 Å². The van der Waals surface area contributed by atoms with E-state index in [1.165, 1.54) is 16.4 Å². The molecule has 0 spiro atoms. The van der Waals surface area contributed by atoms with Gasteiger partial charge in [-0.05, 0) is 30.2 Å². The third kappa shape index (κ3) is 4.20. The molecule has 0 unspecified atom stereocenters. The fourth-order valence-electron chi connectivity index (χ4n) is 3.24. The summed E-state index contributed by atoms with van der Waals surface area (Å²) in [5.74, 6) is 0. The predicted molar refractivity (Wildman–Crippen MR) is 103 cm³/mol. The molecular formula is C19H20N4O4S. The maximum absolute atomic E-state index is 13.0. The van der Waals surface area contributed by atoms with Crippen LogP contribution in [0.15, 0.2) is 47.4 Å². The van der Waals surface area contributed by atoms with Gasteiger partial charge in [0.05, 0.1) is 21.5 Å². The van der Waals surface area contributed by atoms with Crippen LogP contribution < -0.4 is 0 Å². The zero-order valence-electron chi connectivity index (χ0n) is 15.4. The second kappa shape index (κ2) is 8.06. The summed E-state index contributed by atoms with van der Waals surface area (Å²) in [6.07, 6.45) is 0. The van der Waals surface area contributed by atoms with E-state index in [2.05, 4.69) is 11.0 Å². The number of rotatable bonds is 5. The molecule has 0 N–H and O–H groups in total. The molecule has 8 nitrogen and oxygen atoms in total. The first-order chi connectivity index (χ1) is 13.3. The molecular weight excluding hydrogens is 380 g/mol. The zero-order chi connectivity index (χ0) is 20.3. The SMILES string of the molecule is Cc1ccc([N+](=O)[O-])cc1S(=O)(=O)N1CCN(Cc2cccc(C#N)c2)CC1. The highest BCUT2D eigenvalue weighted by Crippen LogP contribution is 2.25. The number of piperazine rings is 1. The van der Waals surface area contributed by atoms with E-state index in [1.807, 2.05) is 18.2 Å². The molecule has 1 aliphatic heterocycles. The van der Waals surface area contributed by atoms with Crippen LogP contribution >= 0.6 is 0 Å². The quantitative estimate of drug-likeness (QED) is 0.563. The van der Waals surface area contributed by atoms with Gasteiger partial charge in [0.15, 0.2) is 0 Å². The lowest BCUT2D eigenvalue weighted by atomic mass is 10.1. The van der Waals surface area contributed by atoms with E-state index in [-0.39, 0.29) is 10.6 Å². The van der Waals surface area contributed by atoms with Crippen molar-refractivity contribution in [2.75, 3.05) is 26.2 Å². The highest BCUT2D eigenvalue weighted by atomic mass is 32.2. The Hall–Kier alpha value is -2.80. The van der Waals surface area contributed by atoms with Gasteiger partial charge < -0.3 is 0 Å². The summed E-state index contributed by atoms with van der Waals surface area (Å²) in [6.45, 7) is 3.98. The van der Waals surface area contributed by atoms with E-state index >= 15 is 0 Å². The van der Waals surface area contributed by atoms with Crippen LogP contribution in [0.4, 0.5) is 5.69 Å². The molecule has 1 aliphatic rings. The Labute approximate surface area is 163 Å². The maximum atomic E-state index is 13.0. The van der Waals surface area contributed by atoms with Crippen molar-refractivity contribution in [2.24, 2.45) is 0 Å². The van der Waals surface area contributed by atoms with Gasteiger partial charge in [0.2, 0.25) is 10.0 Å². The van der Waals surface area contributed by atoms with Gasteiger partial charge in [0.25, 0.3) is 5.69 Å². The van der Waals surface area contributed by atoms with Gasteiger partial charge >= 0.3 is 0 Å². The fraction of sp³-hybridized carbons (Fsp3) is 0.316. The lowest BCUT2D eigenvalue weighted by Gasteiger charge is -2.34. The van der Waals surface area contributed by atoms with E-state index in [1.54, 1.807) is 13.0 Å². The van der Waals surface area contributed by atoms with Gasteiger partial charge in [0, 0.05) is 44.9 Å². The van der Waals surface area contributed by atoms with Gasteiger partial charge in [0.1, 0.15) is 0 Å². The van der Waals surface area contributed by atoms with Crippen molar-refractivity contribution in [1.29, 1.82) is 5.26 Å². The van der Waals surface area contributed by atoms with Gasteiger partial charge in [-0.1, -0.05) is 18.2 Å². The number of nitro benzene ring substituents is 1. The van der Waals surface area contributed by atoms with Gasteiger partial charge in [-0.2, -0.15) is 9.57 Å². The molecule has 0 amide bonds. The van der Waals surface area contributed by atoms with E-state index in [0.717, 1.165) is 11.6 Å². The molecule has 2 aromatic carbocycles. The minimum absolute atomic E-state index is 0.0168. The molecule has 28 heavy (non-hydrogen) atoms. The molecule has 3 rings (SSSR count). The number of hydrogen-bond donors (Lipinski definition) is 0. The molecule has 146 valence electrons. The summed E-state index contributed by atoms with van der Waals surface area (Å²) in [6, 6.07) is 13.4. The number of hydrogen-bond acceptors (Lipinski definition) is 6. The van der Waals surface area contributed by atoms with Crippen LogP contribution in [-0.2, 0) is 16.6 Å². The van der Waals surface area contributed by atoms with Crippen LogP contribution in [0.3, 0.4) is 0 Å². The monoisotopic (exact) mass is 400 g/mol. The van der Waals surface area contributed by atoms with Crippen molar-refractivity contribution >= 4 is 15.7 Å². The first-order valence-electron chi connectivity index (χ1n) is 8.78. The Kier molecular flexibility index (Phi) is 5.74. The molecule has 1 heterocycles. The summed E-state index contributed by atoms with van der Waals surface area (Å²) >= 11 is 0. The van der Waals surface area contributed by atoms with Crippen LogP contribution in [0.25, 0.3) is 0 Å². The number of aryl methyl sites for hydroxylation is 1. The molecule has 0 aromatic heterocycles. The topological polar surface area (TPSA) is 108 Å². The summed E-state index contributed by atoms with van der Waals surface area (Å²) in [4.78, 5) is 12.5. The number of non-ortho nitro benzene ring substituents is 1. The Morgan fingerprint density at radius 3 is 2.50 bits per heavy atom. The van der Waals surface area contributed by atoms with Crippen molar-refractivity contribution in [3.63, 3.8) is 0 Å². The van der Waals surface area contributed by atoms with Crippen molar-refractivity contribution in [1.82, 2.24) is 9.21 Å². The second-order valence-electron chi connectivity index (χ2n) is 6.70. The first kappa shape index (κ1) is 19.9. The number of nitro groups is 1. The second-order valence-corrected chi connectivity index (χ2v) is 8.61. The largest absolute Gasteiger partial charge is 0.296 e. The third-order valence-corrected chi connectivity index (χ3v) is 6.83. The van der Waals surface area contributed by atoms with Crippen LogP contribution in [-0.4, -0.2) is 48.7 Å². The van der Waals surface area contributed by atoms with E-state index in [9.17, 15) is 18.5 Å². The van der Waals surface area contributed by atoms with E-state index in [4.69, 9.17) is 5.26 Å². The number of nitrogens with zero attached hydrogens (tertiary/aromatic N) is 4. The lowest BCUT2D eigenvalue weighted by molar-refractivity contribution is -0.385. The minimum atomic E-state index is -3.80. The van der Waals surface area contributed by atoms with Crippen LogP contribution in [0.5, 0.6) is 0 Å². The highest BCUT2D eigenvalue weighted by Gasteiger charge is 2.30. The van der Waals surface area contributed by atoms with Crippen molar-refractivity contribution in [3.05, 3.63) is 69.3 Å². The van der Waals surface area contributed by atoms with Gasteiger partial charge in [-0.3, -0.25) is 15.0 Å². The van der Waals surface area contributed by atoms with Crippen LogP contribution in [0, 0.1) is 28.4 Å². The van der Waals surface area contributed by atoms with Crippen molar-refractivity contribution < 1.29 is 13.3 Å². The molecule has 0 aliphatic carbocycles. The molecule has 9 heteroatoms. The zero-order valence-corrected chi connectivity index (χ0v) is 16.2. The fourth-order valence-corrected chi connectivity index (χ4v) is 4.91. The molecule has 1 saturated heterocycles. The average molecular weight is 400 g/mol. The Bertz CT molecular complexity index is 1040. The normalized spacial score (nSPS) is 15.9. The third-order valence-electron chi connectivity index (χ3n) is 4.79. The summed E-state index contributed by atoms with van der Waals surface area (Å²) in [5, 5.41) is 20.0. The summed E-state index contributed by atoms with van der Waals surface area (Å²) < 4.78 is 27.3. The van der Waals surface area contributed by atoms with Crippen LogP contribution in [0.2, 0.25) is 0 Å². The van der Waals surface area contributed by atoms with Crippen LogP contribution in [0.1, 0.15) is 16.7 Å². The summed E-state index contributed by atoms with van der Waals surface area (Å²) in [7, 11) is -3.80. The van der Waals surface area contributed by atoms with Crippen molar-refractivity contribution in [2.45, 2.75) is 18.4 Å². The average Bonchev–Trinajstić information content (AvgIpc) is 2.68. The van der Waals surface area contributed by atoms with Crippen molar-refractivity contribution in [3.8, 4) is 6.07 Å². The van der Waals surface area contributed by atoms with Gasteiger partial charge in [-0.25, -0.2) is 8.42 Å². The molecule has 0 radical (unpaired) electrons. The van der Waals surface area contributed by atoms with Gasteiger partial charge in [-0.15, -0.1) is 0 Å².